The van der Waals surface area contributed by atoms with Gasteiger partial charge in [0, 0.05) is 34.9 Å². The van der Waals surface area contributed by atoms with Gasteiger partial charge in [-0.25, -0.2) is 0 Å². The highest BCUT2D eigenvalue weighted by Crippen LogP contribution is 2.09. The van der Waals surface area contributed by atoms with Crippen LogP contribution in [0.4, 0.5) is 0 Å². The van der Waals surface area contributed by atoms with E-state index in [1.807, 2.05) is 42.5 Å². The van der Waals surface area contributed by atoms with E-state index in [4.69, 9.17) is 4.74 Å². The van der Waals surface area contributed by atoms with Gasteiger partial charge in [-0.05, 0) is 36.2 Å². The van der Waals surface area contributed by atoms with E-state index in [9.17, 15) is 9.00 Å². The second kappa shape index (κ2) is 9.10. The summed E-state index contributed by atoms with van der Waals surface area (Å²) in [6.45, 7) is 1.11. The Morgan fingerprint density at radius 1 is 1.13 bits per heavy atom. The lowest BCUT2D eigenvalue weighted by Gasteiger charge is -2.08. The molecule has 122 valence electrons. The molecule has 1 amide bonds. The molecule has 1 unspecified atom stereocenters. The molecule has 2 aromatic carbocycles. The van der Waals surface area contributed by atoms with E-state index in [0.717, 1.165) is 17.7 Å². The predicted molar refractivity (Wildman–Crippen MR) is 93.1 cm³/mol. The largest absolute Gasteiger partial charge is 0.494 e. The number of ether oxygens (including phenoxy) is 1. The number of hydrogen-bond donors (Lipinski definition) is 1. The molecule has 2 aromatic rings. The molecule has 23 heavy (non-hydrogen) atoms. The first kappa shape index (κ1) is 17.2. The van der Waals surface area contributed by atoms with E-state index in [1.165, 1.54) is 0 Å². The lowest BCUT2D eigenvalue weighted by Crippen LogP contribution is -2.25. The molecule has 1 N–H and O–H groups in total. The van der Waals surface area contributed by atoms with Gasteiger partial charge in [0.05, 0.1) is 6.61 Å². The minimum atomic E-state index is -0.913. The summed E-state index contributed by atoms with van der Waals surface area (Å²) in [5.74, 6) is 1.18. The van der Waals surface area contributed by atoms with Gasteiger partial charge in [0.25, 0.3) is 5.91 Å². The lowest BCUT2D eigenvalue weighted by atomic mass is 10.1. The molecule has 0 heterocycles. The highest BCUT2D eigenvalue weighted by atomic mass is 32.2. The third-order valence-electron chi connectivity index (χ3n) is 3.18. The van der Waals surface area contributed by atoms with Crippen LogP contribution in [0.3, 0.4) is 0 Å². The van der Waals surface area contributed by atoms with Crippen LogP contribution in [0.25, 0.3) is 0 Å². The third-order valence-corrected chi connectivity index (χ3v) is 3.92. The zero-order valence-electron chi connectivity index (χ0n) is 13.2. The molecule has 0 bridgehead atoms. The fourth-order valence-corrected chi connectivity index (χ4v) is 2.77. The molecular weight excluding hydrogens is 310 g/mol. The fourth-order valence-electron chi connectivity index (χ4n) is 2.12. The molecule has 2 rings (SSSR count). The maximum absolute atomic E-state index is 12.1. The maximum Gasteiger partial charge on any atom is 0.251 e. The molecular formula is C18H21NO3S. The van der Waals surface area contributed by atoms with Crippen molar-refractivity contribution in [3.05, 3.63) is 65.7 Å². The van der Waals surface area contributed by atoms with E-state index in [1.54, 1.807) is 18.4 Å². The summed E-state index contributed by atoms with van der Waals surface area (Å²) >= 11 is 0. The smallest absolute Gasteiger partial charge is 0.251 e. The standard InChI is InChI=1S/C18H21NO3S/c1-23(21)14-15-7-5-8-16(13-15)18(20)19-11-6-12-22-17-9-3-2-4-10-17/h2-5,7-10,13H,6,11-12,14H2,1H3,(H,19,20). The van der Waals surface area contributed by atoms with Crippen molar-refractivity contribution < 1.29 is 13.7 Å². The molecule has 0 aliphatic heterocycles. The van der Waals surface area contributed by atoms with Gasteiger partial charge in [0.15, 0.2) is 0 Å². The summed E-state index contributed by atoms with van der Waals surface area (Å²) in [4.78, 5) is 12.1. The number of amides is 1. The number of para-hydroxylation sites is 1. The van der Waals surface area contributed by atoms with E-state index in [2.05, 4.69) is 5.32 Å². The van der Waals surface area contributed by atoms with E-state index in [-0.39, 0.29) is 5.91 Å². The number of benzene rings is 2. The Bertz CT molecular complexity index is 658. The number of nitrogens with one attached hydrogen (secondary N) is 1. The summed E-state index contributed by atoms with van der Waals surface area (Å²) in [6.07, 6.45) is 2.39. The number of carbonyl (C=O) groups excluding carboxylic acids is 1. The Morgan fingerprint density at radius 3 is 2.65 bits per heavy atom. The van der Waals surface area contributed by atoms with Gasteiger partial charge in [-0.15, -0.1) is 0 Å². The van der Waals surface area contributed by atoms with Crippen LogP contribution < -0.4 is 10.1 Å². The summed E-state index contributed by atoms with van der Waals surface area (Å²) in [6, 6.07) is 16.8. The average molecular weight is 331 g/mol. The minimum Gasteiger partial charge on any atom is -0.494 e. The van der Waals surface area contributed by atoms with Gasteiger partial charge in [-0.3, -0.25) is 9.00 Å². The second-order valence-corrected chi connectivity index (χ2v) is 6.62. The summed E-state index contributed by atoms with van der Waals surface area (Å²) < 4.78 is 16.8. The van der Waals surface area contributed by atoms with Crippen LogP contribution in [0.15, 0.2) is 54.6 Å². The third kappa shape index (κ3) is 6.24. The van der Waals surface area contributed by atoms with Crippen molar-refractivity contribution >= 4 is 16.7 Å². The van der Waals surface area contributed by atoms with Crippen molar-refractivity contribution in [2.75, 3.05) is 19.4 Å². The predicted octanol–water partition coefficient (Wildman–Crippen LogP) is 2.76. The van der Waals surface area contributed by atoms with Gasteiger partial charge in [0.1, 0.15) is 5.75 Å². The summed E-state index contributed by atoms with van der Waals surface area (Å²) in [5.41, 5.74) is 1.50. The van der Waals surface area contributed by atoms with Crippen molar-refractivity contribution in [1.29, 1.82) is 0 Å². The monoisotopic (exact) mass is 331 g/mol. The van der Waals surface area contributed by atoms with Gasteiger partial charge >= 0.3 is 0 Å². The molecule has 0 aliphatic rings. The zero-order chi connectivity index (χ0) is 16.5. The van der Waals surface area contributed by atoms with E-state index >= 15 is 0 Å². The molecule has 0 aromatic heterocycles. The molecule has 0 saturated heterocycles. The molecule has 0 saturated carbocycles. The average Bonchev–Trinajstić information content (AvgIpc) is 2.55. The molecule has 4 nitrogen and oxygen atoms in total. The van der Waals surface area contributed by atoms with Crippen molar-refractivity contribution in [3.63, 3.8) is 0 Å². The Hall–Kier alpha value is -2.14. The second-order valence-electron chi connectivity index (χ2n) is 5.19. The van der Waals surface area contributed by atoms with Gasteiger partial charge in [-0.2, -0.15) is 0 Å². The summed E-state index contributed by atoms with van der Waals surface area (Å²) in [7, 11) is -0.913. The maximum atomic E-state index is 12.1. The van der Waals surface area contributed by atoms with Crippen LogP contribution in [-0.2, 0) is 16.6 Å². The topological polar surface area (TPSA) is 55.4 Å². The van der Waals surface area contributed by atoms with Crippen LogP contribution in [0.2, 0.25) is 0 Å². The number of carbonyl (C=O) groups is 1. The Morgan fingerprint density at radius 2 is 1.91 bits per heavy atom. The highest BCUT2D eigenvalue weighted by molar-refractivity contribution is 7.83. The first-order valence-electron chi connectivity index (χ1n) is 7.50. The first-order valence-corrected chi connectivity index (χ1v) is 9.23. The van der Waals surface area contributed by atoms with Crippen LogP contribution in [0, 0.1) is 0 Å². The van der Waals surface area contributed by atoms with Crippen LogP contribution >= 0.6 is 0 Å². The van der Waals surface area contributed by atoms with Crippen LogP contribution in [0.1, 0.15) is 22.3 Å². The first-order chi connectivity index (χ1) is 11.1. The van der Waals surface area contributed by atoms with Crippen molar-refractivity contribution in [2.45, 2.75) is 12.2 Å². The van der Waals surface area contributed by atoms with Gasteiger partial charge in [0.2, 0.25) is 0 Å². The highest BCUT2D eigenvalue weighted by Gasteiger charge is 2.06. The zero-order valence-corrected chi connectivity index (χ0v) is 14.0. The SMILES string of the molecule is CS(=O)Cc1cccc(C(=O)NCCCOc2ccccc2)c1. The molecule has 0 aliphatic carbocycles. The number of hydrogen-bond acceptors (Lipinski definition) is 3. The molecule has 0 fully saturated rings. The van der Waals surface area contributed by atoms with Crippen LogP contribution in [0.5, 0.6) is 5.75 Å². The minimum absolute atomic E-state index is 0.117. The molecule has 5 heteroatoms. The molecule has 1 atom stereocenters. The fraction of sp³-hybridized carbons (Fsp3) is 0.278. The Labute approximate surface area is 139 Å². The van der Waals surface area contributed by atoms with Gasteiger partial charge in [-0.1, -0.05) is 30.3 Å². The van der Waals surface area contributed by atoms with Crippen molar-refractivity contribution in [1.82, 2.24) is 5.32 Å². The van der Waals surface area contributed by atoms with E-state index < -0.39 is 10.8 Å². The summed E-state index contributed by atoms with van der Waals surface area (Å²) in [5, 5.41) is 2.87. The van der Waals surface area contributed by atoms with Crippen LogP contribution in [-0.4, -0.2) is 29.5 Å². The normalized spacial score (nSPS) is 11.7. The molecule has 0 radical (unpaired) electrons. The molecule has 0 spiro atoms. The Kier molecular flexibility index (Phi) is 6.81. The lowest BCUT2D eigenvalue weighted by molar-refractivity contribution is 0.0951. The Balaban J connectivity index is 1.73. The van der Waals surface area contributed by atoms with E-state index in [0.29, 0.717) is 24.5 Å². The quantitative estimate of drug-likeness (QED) is 0.757. The van der Waals surface area contributed by atoms with Crippen molar-refractivity contribution in [3.8, 4) is 5.75 Å². The van der Waals surface area contributed by atoms with Crippen molar-refractivity contribution in [2.24, 2.45) is 0 Å². The number of rotatable bonds is 8. The van der Waals surface area contributed by atoms with Gasteiger partial charge < -0.3 is 10.1 Å².